The Balaban J connectivity index is 1.91. The zero-order valence-electron chi connectivity index (χ0n) is 15.5. The van der Waals surface area contributed by atoms with Gasteiger partial charge in [0.2, 0.25) is 21.8 Å². The number of carbonyl (C=O) groups excluding carboxylic acids is 3. The van der Waals surface area contributed by atoms with Crippen LogP contribution >= 0.6 is 0 Å². The molecule has 1 aliphatic heterocycles. The van der Waals surface area contributed by atoms with Crippen LogP contribution in [0.2, 0.25) is 0 Å². The molecule has 148 valence electrons. The predicted octanol–water partition coefficient (Wildman–Crippen LogP) is 1.28. The monoisotopic (exact) mass is 395 g/mol. The summed E-state index contributed by atoms with van der Waals surface area (Å²) >= 11 is 0. The summed E-state index contributed by atoms with van der Waals surface area (Å²) in [6.45, 7) is 3.45. The third-order valence-electron chi connectivity index (χ3n) is 4.34. The third kappa shape index (κ3) is 6.14. The molecule has 2 rings (SSSR count). The highest BCUT2D eigenvalue weighted by molar-refractivity contribution is 7.89. The number of hydrogen-bond donors (Lipinski definition) is 2. The highest BCUT2D eigenvalue weighted by Crippen LogP contribution is 2.22. The molecular formula is C18H25N3O5S. The maximum atomic E-state index is 12.7. The van der Waals surface area contributed by atoms with Gasteiger partial charge >= 0.3 is 0 Å². The second kappa shape index (κ2) is 9.09. The van der Waals surface area contributed by atoms with Gasteiger partial charge in [0.1, 0.15) is 5.78 Å². The summed E-state index contributed by atoms with van der Waals surface area (Å²) in [5, 5.41) is 5.45. The Bertz CT molecular complexity index is 797. The molecule has 1 aromatic carbocycles. The summed E-state index contributed by atoms with van der Waals surface area (Å²) in [4.78, 5) is 33.9. The summed E-state index contributed by atoms with van der Waals surface area (Å²) in [7, 11) is -3.62. The standard InChI is InChI=1S/C18H25N3O5S/c1-13(22)3-8-18(24)20-16-9-11-21(12-10-16)27(25,26)17-6-4-15(5-7-17)19-14(2)23/h4-7,16H,3,8-12H2,1-2H3,(H,19,23)(H,20,24). The molecule has 8 nitrogen and oxygen atoms in total. The number of carbonyl (C=O) groups is 3. The minimum atomic E-state index is -3.62. The van der Waals surface area contributed by atoms with Crippen molar-refractivity contribution >= 4 is 33.3 Å². The highest BCUT2D eigenvalue weighted by atomic mass is 32.2. The predicted molar refractivity (Wildman–Crippen MR) is 101 cm³/mol. The first kappa shape index (κ1) is 21.0. The van der Waals surface area contributed by atoms with Crippen LogP contribution in [0.3, 0.4) is 0 Å². The van der Waals surface area contributed by atoms with E-state index in [1.54, 1.807) is 12.1 Å². The van der Waals surface area contributed by atoms with E-state index in [1.165, 1.54) is 30.3 Å². The van der Waals surface area contributed by atoms with Crippen molar-refractivity contribution in [3.63, 3.8) is 0 Å². The first-order valence-corrected chi connectivity index (χ1v) is 10.3. The molecule has 0 bridgehead atoms. The molecule has 0 aliphatic carbocycles. The average molecular weight is 395 g/mol. The third-order valence-corrected chi connectivity index (χ3v) is 6.25. The zero-order valence-corrected chi connectivity index (χ0v) is 16.3. The van der Waals surface area contributed by atoms with Crippen molar-refractivity contribution in [2.75, 3.05) is 18.4 Å². The van der Waals surface area contributed by atoms with Gasteiger partial charge < -0.3 is 15.4 Å². The van der Waals surface area contributed by atoms with Crippen molar-refractivity contribution < 1.29 is 22.8 Å². The second-order valence-electron chi connectivity index (χ2n) is 6.65. The molecule has 0 atom stereocenters. The van der Waals surface area contributed by atoms with Crippen molar-refractivity contribution in [3.05, 3.63) is 24.3 Å². The minimum absolute atomic E-state index is 0.0319. The molecule has 2 amide bonds. The molecule has 2 N–H and O–H groups in total. The van der Waals surface area contributed by atoms with E-state index < -0.39 is 10.0 Å². The van der Waals surface area contributed by atoms with E-state index in [2.05, 4.69) is 10.6 Å². The second-order valence-corrected chi connectivity index (χ2v) is 8.59. The number of sulfonamides is 1. The number of amides is 2. The summed E-state index contributed by atoms with van der Waals surface area (Å²) in [6.07, 6.45) is 1.42. The van der Waals surface area contributed by atoms with Crippen molar-refractivity contribution in [2.24, 2.45) is 0 Å². The van der Waals surface area contributed by atoms with Crippen LogP contribution in [0.1, 0.15) is 39.5 Å². The van der Waals surface area contributed by atoms with Gasteiger partial charge in [-0.15, -0.1) is 0 Å². The molecule has 0 radical (unpaired) electrons. The Morgan fingerprint density at radius 3 is 2.15 bits per heavy atom. The fourth-order valence-corrected chi connectivity index (χ4v) is 4.36. The van der Waals surface area contributed by atoms with Crippen LogP contribution in [0.4, 0.5) is 5.69 Å². The van der Waals surface area contributed by atoms with Crippen molar-refractivity contribution in [1.29, 1.82) is 0 Å². The van der Waals surface area contributed by atoms with E-state index >= 15 is 0 Å². The summed E-state index contributed by atoms with van der Waals surface area (Å²) in [5.74, 6) is -0.436. The zero-order chi connectivity index (χ0) is 20.0. The lowest BCUT2D eigenvalue weighted by molar-refractivity contribution is -0.125. The molecule has 1 aliphatic rings. The van der Waals surface area contributed by atoms with E-state index in [-0.39, 0.29) is 41.4 Å². The number of ketones is 1. The molecule has 9 heteroatoms. The van der Waals surface area contributed by atoms with Crippen LogP contribution in [0.15, 0.2) is 29.2 Å². The molecule has 1 saturated heterocycles. The molecule has 0 saturated carbocycles. The van der Waals surface area contributed by atoms with Gasteiger partial charge in [-0.2, -0.15) is 4.31 Å². The fraction of sp³-hybridized carbons (Fsp3) is 0.500. The maximum Gasteiger partial charge on any atom is 0.243 e. The number of hydrogen-bond acceptors (Lipinski definition) is 5. The van der Waals surface area contributed by atoms with Crippen LogP contribution in [0.5, 0.6) is 0 Å². The Labute approximate surface area is 159 Å². The van der Waals surface area contributed by atoms with Crippen LogP contribution in [-0.2, 0) is 24.4 Å². The SMILES string of the molecule is CC(=O)CCC(=O)NC1CCN(S(=O)(=O)c2ccc(NC(C)=O)cc2)CC1. The Morgan fingerprint density at radius 2 is 1.63 bits per heavy atom. The number of rotatable bonds is 7. The normalized spacial score (nSPS) is 15.9. The molecule has 1 fully saturated rings. The van der Waals surface area contributed by atoms with Gasteiger partial charge in [-0.3, -0.25) is 9.59 Å². The Kier molecular flexibility index (Phi) is 7.09. The Hall–Kier alpha value is -2.26. The van der Waals surface area contributed by atoms with E-state index in [0.717, 1.165) is 0 Å². The topological polar surface area (TPSA) is 113 Å². The van der Waals surface area contributed by atoms with Crippen LogP contribution in [0.25, 0.3) is 0 Å². The quantitative estimate of drug-likeness (QED) is 0.722. The smallest absolute Gasteiger partial charge is 0.243 e. The summed E-state index contributed by atoms with van der Waals surface area (Å²) in [6, 6.07) is 5.96. The van der Waals surface area contributed by atoms with Gasteiger partial charge in [0.15, 0.2) is 0 Å². The fourth-order valence-electron chi connectivity index (χ4n) is 2.89. The first-order valence-electron chi connectivity index (χ1n) is 8.85. The van der Waals surface area contributed by atoms with Crippen molar-refractivity contribution in [2.45, 2.75) is 50.5 Å². The summed E-state index contributed by atoms with van der Waals surface area (Å²) < 4.78 is 26.9. The van der Waals surface area contributed by atoms with Gasteiger partial charge in [0.05, 0.1) is 4.90 Å². The minimum Gasteiger partial charge on any atom is -0.353 e. The van der Waals surface area contributed by atoms with Gasteiger partial charge in [-0.05, 0) is 44.0 Å². The molecule has 1 aromatic rings. The van der Waals surface area contributed by atoms with Gasteiger partial charge in [-0.25, -0.2) is 8.42 Å². The number of Topliss-reactive ketones (excluding diaryl/α,β-unsaturated/α-hetero) is 1. The molecule has 0 aromatic heterocycles. The van der Waals surface area contributed by atoms with E-state index in [4.69, 9.17) is 0 Å². The molecule has 0 spiro atoms. The van der Waals surface area contributed by atoms with Gasteiger partial charge in [0, 0.05) is 44.6 Å². The molecule has 1 heterocycles. The highest BCUT2D eigenvalue weighted by Gasteiger charge is 2.29. The number of benzene rings is 1. The number of piperidine rings is 1. The average Bonchev–Trinajstić information content (AvgIpc) is 2.60. The summed E-state index contributed by atoms with van der Waals surface area (Å²) in [5.41, 5.74) is 0.536. The molecule has 0 unspecified atom stereocenters. The van der Waals surface area contributed by atoms with Crippen LogP contribution in [0, 0.1) is 0 Å². The number of nitrogens with zero attached hydrogens (tertiary/aromatic N) is 1. The lowest BCUT2D eigenvalue weighted by atomic mass is 10.1. The van der Waals surface area contributed by atoms with Crippen LogP contribution < -0.4 is 10.6 Å². The van der Waals surface area contributed by atoms with Crippen LogP contribution in [-0.4, -0.2) is 49.5 Å². The Morgan fingerprint density at radius 1 is 1.04 bits per heavy atom. The molecule has 27 heavy (non-hydrogen) atoms. The number of nitrogens with one attached hydrogen (secondary N) is 2. The van der Waals surface area contributed by atoms with E-state index in [1.807, 2.05) is 0 Å². The van der Waals surface area contributed by atoms with Gasteiger partial charge in [-0.1, -0.05) is 0 Å². The lowest BCUT2D eigenvalue weighted by Gasteiger charge is -2.31. The van der Waals surface area contributed by atoms with Gasteiger partial charge in [0.25, 0.3) is 0 Å². The van der Waals surface area contributed by atoms with Crippen molar-refractivity contribution in [1.82, 2.24) is 9.62 Å². The first-order chi connectivity index (χ1) is 12.7. The number of anilines is 1. The maximum absolute atomic E-state index is 12.7. The van der Waals surface area contributed by atoms with E-state index in [0.29, 0.717) is 31.6 Å². The van der Waals surface area contributed by atoms with Crippen molar-refractivity contribution in [3.8, 4) is 0 Å². The molecular weight excluding hydrogens is 370 g/mol. The largest absolute Gasteiger partial charge is 0.353 e. The lowest BCUT2D eigenvalue weighted by Crippen LogP contribution is -2.46. The van der Waals surface area contributed by atoms with E-state index in [9.17, 15) is 22.8 Å².